The van der Waals surface area contributed by atoms with Crippen molar-refractivity contribution in [2.24, 2.45) is 5.92 Å². The number of nitriles is 2. The molecule has 2 rings (SSSR count). The van der Waals surface area contributed by atoms with Crippen LogP contribution in [0.2, 0.25) is 0 Å². The number of benzene rings is 1. The Hall–Kier alpha value is -2.13. The van der Waals surface area contributed by atoms with Gasteiger partial charge >= 0.3 is 0 Å². The van der Waals surface area contributed by atoms with Gasteiger partial charge in [-0.3, -0.25) is 0 Å². The van der Waals surface area contributed by atoms with Crippen molar-refractivity contribution in [3.63, 3.8) is 0 Å². The highest BCUT2D eigenvalue weighted by Crippen LogP contribution is 2.37. The van der Waals surface area contributed by atoms with Gasteiger partial charge in [0.1, 0.15) is 6.07 Å². The SMILES string of the molecule is N#C/C(F)=C/CCC1CCC(c2ccc(C#N)cc2)CC1. The van der Waals surface area contributed by atoms with E-state index in [4.69, 9.17) is 10.5 Å². The van der Waals surface area contributed by atoms with Gasteiger partial charge in [0.25, 0.3) is 0 Å². The Morgan fingerprint density at radius 1 is 1.14 bits per heavy atom. The van der Waals surface area contributed by atoms with Crippen molar-refractivity contribution in [3.8, 4) is 12.1 Å². The standard InChI is InChI=1S/C18H19FN2/c19-18(13-21)3-1-2-14-4-8-16(9-5-14)17-10-6-15(12-20)7-11-17/h3,6-7,10-11,14,16H,1-2,4-5,8-9H2/b18-3-. The Balaban J connectivity index is 1.80. The fourth-order valence-electron chi connectivity index (χ4n) is 3.11. The summed E-state index contributed by atoms with van der Waals surface area (Å²) < 4.78 is 12.7. The lowest BCUT2D eigenvalue weighted by Gasteiger charge is -2.28. The molecule has 0 bridgehead atoms. The molecule has 0 N–H and O–H groups in total. The van der Waals surface area contributed by atoms with Crippen molar-refractivity contribution in [2.45, 2.75) is 44.4 Å². The summed E-state index contributed by atoms with van der Waals surface area (Å²) in [6.45, 7) is 0. The van der Waals surface area contributed by atoms with Crippen molar-refractivity contribution < 1.29 is 4.39 Å². The number of allylic oxidation sites excluding steroid dienone is 2. The molecule has 3 heteroatoms. The summed E-state index contributed by atoms with van der Waals surface area (Å²) in [5, 5.41) is 17.2. The maximum Gasteiger partial charge on any atom is 0.196 e. The van der Waals surface area contributed by atoms with Crippen LogP contribution in [-0.2, 0) is 0 Å². The molecule has 0 saturated heterocycles. The fraction of sp³-hybridized carbons (Fsp3) is 0.444. The van der Waals surface area contributed by atoms with E-state index in [1.54, 1.807) is 0 Å². The van der Waals surface area contributed by atoms with Gasteiger partial charge in [-0.25, -0.2) is 0 Å². The van der Waals surface area contributed by atoms with Gasteiger partial charge in [0.05, 0.1) is 11.6 Å². The first kappa shape index (κ1) is 15.3. The number of rotatable bonds is 4. The number of hydrogen-bond donors (Lipinski definition) is 0. The fourth-order valence-corrected chi connectivity index (χ4v) is 3.11. The Labute approximate surface area is 125 Å². The topological polar surface area (TPSA) is 47.6 Å². The lowest BCUT2D eigenvalue weighted by atomic mass is 9.77. The van der Waals surface area contributed by atoms with Crippen LogP contribution in [0.4, 0.5) is 4.39 Å². The molecule has 1 aromatic carbocycles. The smallest absolute Gasteiger partial charge is 0.195 e. The molecular formula is C18H19FN2. The van der Waals surface area contributed by atoms with E-state index >= 15 is 0 Å². The van der Waals surface area contributed by atoms with Crippen LogP contribution in [-0.4, -0.2) is 0 Å². The van der Waals surface area contributed by atoms with Crippen LogP contribution in [0.5, 0.6) is 0 Å². The molecule has 0 radical (unpaired) electrons. The summed E-state index contributed by atoms with van der Waals surface area (Å²) >= 11 is 0. The second-order valence-electron chi connectivity index (χ2n) is 5.69. The van der Waals surface area contributed by atoms with Gasteiger partial charge in [0.15, 0.2) is 5.83 Å². The predicted octanol–water partition coefficient (Wildman–Crippen LogP) is 4.99. The largest absolute Gasteiger partial charge is 0.196 e. The summed E-state index contributed by atoms with van der Waals surface area (Å²) in [5.74, 6) is 0.559. The van der Waals surface area contributed by atoms with E-state index in [1.807, 2.05) is 12.1 Å². The van der Waals surface area contributed by atoms with Gasteiger partial charge in [-0.1, -0.05) is 12.1 Å². The first-order valence-electron chi connectivity index (χ1n) is 7.48. The highest BCUT2D eigenvalue weighted by Gasteiger charge is 2.21. The van der Waals surface area contributed by atoms with Crippen molar-refractivity contribution >= 4 is 0 Å². The molecule has 21 heavy (non-hydrogen) atoms. The highest BCUT2D eigenvalue weighted by molar-refractivity contribution is 5.33. The third-order valence-electron chi connectivity index (χ3n) is 4.36. The lowest BCUT2D eigenvalue weighted by Crippen LogP contribution is -2.13. The maximum absolute atomic E-state index is 12.7. The predicted molar refractivity (Wildman–Crippen MR) is 79.9 cm³/mol. The lowest BCUT2D eigenvalue weighted by molar-refractivity contribution is 0.311. The van der Waals surface area contributed by atoms with Crippen molar-refractivity contribution in [1.82, 2.24) is 0 Å². The molecule has 0 spiro atoms. The summed E-state index contributed by atoms with van der Waals surface area (Å²) in [5.41, 5.74) is 2.03. The van der Waals surface area contributed by atoms with Crippen LogP contribution in [0.15, 0.2) is 36.2 Å². The second kappa shape index (κ2) is 7.60. The van der Waals surface area contributed by atoms with Gasteiger partial charge in [-0.15, -0.1) is 0 Å². The average Bonchev–Trinajstić information content (AvgIpc) is 2.55. The van der Waals surface area contributed by atoms with Crippen LogP contribution >= 0.6 is 0 Å². The average molecular weight is 282 g/mol. The van der Waals surface area contributed by atoms with Gasteiger partial charge in [0.2, 0.25) is 0 Å². The second-order valence-corrected chi connectivity index (χ2v) is 5.69. The first-order valence-corrected chi connectivity index (χ1v) is 7.48. The van der Waals surface area contributed by atoms with Gasteiger partial charge in [-0.2, -0.15) is 14.9 Å². The molecule has 0 atom stereocenters. The van der Waals surface area contributed by atoms with Crippen LogP contribution in [0, 0.1) is 28.6 Å². The quantitative estimate of drug-likeness (QED) is 0.730. The summed E-state index contributed by atoms with van der Waals surface area (Å²) in [4.78, 5) is 0. The Morgan fingerprint density at radius 3 is 2.38 bits per heavy atom. The minimum atomic E-state index is -0.665. The van der Waals surface area contributed by atoms with Crippen LogP contribution in [0.25, 0.3) is 0 Å². The van der Waals surface area contributed by atoms with Crippen LogP contribution < -0.4 is 0 Å². The number of nitrogens with zero attached hydrogens (tertiary/aromatic N) is 2. The molecular weight excluding hydrogens is 263 g/mol. The molecule has 1 aliphatic rings. The number of halogens is 1. The molecule has 1 saturated carbocycles. The molecule has 0 amide bonds. The molecule has 108 valence electrons. The van der Waals surface area contributed by atoms with Crippen LogP contribution in [0.1, 0.15) is 55.6 Å². The van der Waals surface area contributed by atoms with Crippen molar-refractivity contribution in [1.29, 1.82) is 10.5 Å². The molecule has 0 aliphatic heterocycles. The van der Waals surface area contributed by atoms with E-state index in [9.17, 15) is 4.39 Å². The highest BCUT2D eigenvalue weighted by atomic mass is 19.1. The summed E-state index contributed by atoms with van der Waals surface area (Å²) in [7, 11) is 0. The monoisotopic (exact) mass is 282 g/mol. The van der Waals surface area contributed by atoms with Gasteiger partial charge in [0, 0.05) is 0 Å². The van der Waals surface area contributed by atoms with E-state index in [0.717, 1.165) is 32.1 Å². The Bertz CT molecular complexity index is 567. The molecule has 0 aromatic heterocycles. The summed E-state index contributed by atoms with van der Waals surface area (Å²) in [6.07, 6.45) is 7.65. The zero-order chi connectivity index (χ0) is 15.1. The third-order valence-corrected chi connectivity index (χ3v) is 4.36. The first-order chi connectivity index (χ1) is 10.2. The molecule has 1 aliphatic carbocycles. The molecule has 0 heterocycles. The molecule has 2 nitrogen and oxygen atoms in total. The zero-order valence-electron chi connectivity index (χ0n) is 12.1. The van der Waals surface area contributed by atoms with E-state index < -0.39 is 5.83 Å². The van der Waals surface area contributed by atoms with E-state index in [0.29, 0.717) is 23.8 Å². The van der Waals surface area contributed by atoms with Crippen LogP contribution in [0.3, 0.4) is 0 Å². The van der Waals surface area contributed by atoms with E-state index in [2.05, 4.69) is 18.2 Å². The van der Waals surface area contributed by atoms with Crippen molar-refractivity contribution in [2.75, 3.05) is 0 Å². The van der Waals surface area contributed by atoms with Crippen molar-refractivity contribution in [3.05, 3.63) is 47.3 Å². The molecule has 1 aromatic rings. The normalized spacial score (nSPS) is 22.3. The maximum atomic E-state index is 12.7. The Morgan fingerprint density at radius 2 is 1.81 bits per heavy atom. The van der Waals surface area contributed by atoms with Gasteiger partial charge < -0.3 is 0 Å². The van der Waals surface area contributed by atoms with Gasteiger partial charge in [-0.05, 0) is 74.1 Å². The minimum absolute atomic E-state index is 0.584. The van der Waals surface area contributed by atoms with E-state index in [-0.39, 0.29) is 0 Å². The molecule has 1 fully saturated rings. The van der Waals surface area contributed by atoms with E-state index in [1.165, 1.54) is 17.7 Å². The minimum Gasteiger partial charge on any atom is -0.195 e. The summed E-state index contributed by atoms with van der Waals surface area (Å²) in [6, 6.07) is 11.6. The molecule has 0 unspecified atom stereocenters. The Kier molecular flexibility index (Phi) is 5.52. The number of hydrogen-bond acceptors (Lipinski definition) is 2. The zero-order valence-corrected chi connectivity index (χ0v) is 12.1. The third kappa shape index (κ3) is 4.43.